The van der Waals surface area contributed by atoms with Gasteiger partial charge in [0, 0.05) is 29.7 Å². The standard InChI is InChI=1S/C21H30ClN3O2/c1-4-21(2,3)25-20(27)17-8-7-16(12-18(17)22)24-19(26)11-13-9-14-5-6-15(10-13)23-14/h7-8,12-15,23H,4-6,9-11H2,1-3H3,(H,24,26)(H,25,27). The molecule has 148 valence electrons. The zero-order chi connectivity index (χ0) is 19.6. The molecular weight excluding hydrogens is 362 g/mol. The van der Waals surface area contributed by atoms with Gasteiger partial charge in [-0.3, -0.25) is 9.59 Å². The SMILES string of the molecule is CCC(C)(C)NC(=O)c1ccc(NC(=O)CC2CC3CCC(C2)N3)cc1Cl. The van der Waals surface area contributed by atoms with Crippen molar-refractivity contribution in [2.75, 3.05) is 5.32 Å². The normalized spacial score (nSPS) is 24.5. The van der Waals surface area contributed by atoms with Crippen LogP contribution < -0.4 is 16.0 Å². The van der Waals surface area contributed by atoms with Gasteiger partial charge in [0.15, 0.2) is 0 Å². The van der Waals surface area contributed by atoms with E-state index in [9.17, 15) is 9.59 Å². The first-order chi connectivity index (χ1) is 12.8. The maximum Gasteiger partial charge on any atom is 0.253 e. The van der Waals surface area contributed by atoms with E-state index < -0.39 is 0 Å². The van der Waals surface area contributed by atoms with Gasteiger partial charge in [-0.15, -0.1) is 0 Å². The van der Waals surface area contributed by atoms with Gasteiger partial charge < -0.3 is 16.0 Å². The number of carbonyl (C=O) groups excluding carboxylic acids is 2. The van der Waals surface area contributed by atoms with Crippen LogP contribution in [0.25, 0.3) is 0 Å². The molecule has 3 N–H and O–H groups in total. The monoisotopic (exact) mass is 391 g/mol. The number of anilines is 1. The minimum absolute atomic E-state index is 0.0154. The van der Waals surface area contributed by atoms with Gasteiger partial charge in [0.1, 0.15) is 0 Å². The summed E-state index contributed by atoms with van der Waals surface area (Å²) in [5.74, 6) is 0.261. The van der Waals surface area contributed by atoms with Crippen LogP contribution in [0.5, 0.6) is 0 Å². The summed E-state index contributed by atoms with van der Waals surface area (Å²) in [6.45, 7) is 5.97. The van der Waals surface area contributed by atoms with Crippen molar-refractivity contribution in [3.8, 4) is 0 Å². The van der Waals surface area contributed by atoms with E-state index in [1.807, 2.05) is 20.8 Å². The van der Waals surface area contributed by atoms with E-state index in [0.717, 1.165) is 19.3 Å². The van der Waals surface area contributed by atoms with Crippen LogP contribution in [-0.4, -0.2) is 29.4 Å². The van der Waals surface area contributed by atoms with Crippen LogP contribution in [0.15, 0.2) is 18.2 Å². The largest absolute Gasteiger partial charge is 0.347 e. The van der Waals surface area contributed by atoms with Gasteiger partial charge in [-0.2, -0.15) is 0 Å². The number of rotatable bonds is 6. The lowest BCUT2D eigenvalue weighted by atomic mass is 9.89. The minimum atomic E-state index is -0.290. The molecule has 0 aliphatic carbocycles. The van der Waals surface area contributed by atoms with Crippen LogP contribution in [0.3, 0.4) is 0 Å². The molecule has 2 unspecified atom stereocenters. The third kappa shape index (κ3) is 5.23. The molecule has 0 spiro atoms. The molecule has 6 heteroatoms. The lowest BCUT2D eigenvalue weighted by Gasteiger charge is -2.28. The molecule has 2 saturated heterocycles. The lowest BCUT2D eigenvalue weighted by Crippen LogP contribution is -2.42. The highest BCUT2D eigenvalue weighted by atomic mass is 35.5. The molecule has 2 fully saturated rings. The summed E-state index contributed by atoms with van der Waals surface area (Å²) < 4.78 is 0. The van der Waals surface area contributed by atoms with Crippen LogP contribution in [0.1, 0.15) is 69.7 Å². The predicted molar refractivity (Wildman–Crippen MR) is 109 cm³/mol. The van der Waals surface area contributed by atoms with Crippen LogP contribution >= 0.6 is 11.6 Å². The van der Waals surface area contributed by atoms with Crippen molar-refractivity contribution in [3.05, 3.63) is 28.8 Å². The van der Waals surface area contributed by atoms with Crippen LogP contribution in [-0.2, 0) is 4.79 Å². The fourth-order valence-electron chi connectivity index (χ4n) is 4.06. The highest BCUT2D eigenvalue weighted by Crippen LogP contribution is 2.33. The molecule has 5 nitrogen and oxygen atoms in total. The summed E-state index contributed by atoms with van der Waals surface area (Å²) in [6.07, 6.45) is 5.99. The number of hydrogen-bond donors (Lipinski definition) is 3. The predicted octanol–water partition coefficient (Wildman–Crippen LogP) is 4.12. The molecule has 2 aliphatic heterocycles. The summed E-state index contributed by atoms with van der Waals surface area (Å²) >= 11 is 6.30. The smallest absolute Gasteiger partial charge is 0.253 e. The molecule has 2 aliphatic rings. The van der Waals surface area contributed by atoms with E-state index in [1.54, 1.807) is 18.2 Å². The molecule has 1 aromatic rings. The van der Waals surface area contributed by atoms with Gasteiger partial charge in [-0.25, -0.2) is 0 Å². The van der Waals surface area contributed by atoms with Crippen molar-refractivity contribution >= 4 is 29.1 Å². The number of halogens is 1. The second-order valence-corrected chi connectivity index (χ2v) is 9.02. The second kappa shape index (κ2) is 8.19. The molecule has 0 radical (unpaired) electrons. The Balaban J connectivity index is 1.57. The minimum Gasteiger partial charge on any atom is -0.347 e. The van der Waals surface area contributed by atoms with Gasteiger partial charge >= 0.3 is 0 Å². The number of amides is 2. The highest BCUT2D eigenvalue weighted by Gasteiger charge is 2.34. The third-order valence-corrected chi connectivity index (χ3v) is 6.19. The number of carbonyl (C=O) groups is 2. The number of benzene rings is 1. The average molecular weight is 392 g/mol. The molecule has 0 aromatic heterocycles. The van der Waals surface area contributed by atoms with Crippen molar-refractivity contribution in [3.63, 3.8) is 0 Å². The Labute approximate surface area is 166 Å². The fraction of sp³-hybridized carbons (Fsp3) is 0.619. The molecule has 3 rings (SSSR count). The summed E-state index contributed by atoms with van der Waals surface area (Å²) in [5.41, 5.74) is 0.765. The molecular formula is C21H30ClN3O2. The summed E-state index contributed by atoms with van der Waals surface area (Å²) in [6, 6.07) is 6.23. The number of nitrogens with one attached hydrogen (secondary N) is 3. The van der Waals surface area contributed by atoms with E-state index in [-0.39, 0.29) is 17.4 Å². The van der Waals surface area contributed by atoms with Crippen molar-refractivity contribution in [2.45, 2.75) is 76.9 Å². The molecule has 2 atom stereocenters. The Morgan fingerprint density at radius 3 is 2.48 bits per heavy atom. The Morgan fingerprint density at radius 1 is 1.22 bits per heavy atom. The molecule has 1 aromatic carbocycles. The van der Waals surface area contributed by atoms with Gasteiger partial charge in [0.05, 0.1) is 10.6 Å². The first-order valence-corrected chi connectivity index (χ1v) is 10.3. The van der Waals surface area contributed by atoms with Crippen LogP contribution in [0.2, 0.25) is 5.02 Å². The van der Waals surface area contributed by atoms with Crippen LogP contribution in [0.4, 0.5) is 5.69 Å². The molecule has 2 heterocycles. The quantitative estimate of drug-likeness (QED) is 0.683. The summed E-state index contributed by atoms with van der Waals surface area (Å²) in [5, 5.41) is 9.85. The second-order valence-electron chi connectivity index (χ2n) is 8.61. The number of fused-ring (bicyclic) bond motifs is 2. The number of hydrogen-bond acceptors (Lipinski definition) is 3. The Bertz CT molecular complexity index is 707. The van der Waals surface area contributed by atoms with Crippen molar-refractivity contribution in [1.29, 1.82) is 0 Å². The lowest BCUT2D eigenvalue weighted by molar-refractivity contribution is -0.117. The third-order valence-electron chi connectivity index (χ3n) is 5.88. The Hall–Kier alpha value is -1.59. The molecule has 27 heavy (non-hydrogen) atoms. The fourth-order valence-corrected chi connectivity index (χ4v) is 4.32. The van der Waals surface area contributed by atoms with E-state index in [2.05, 4.69) is 16.0 Å². The highest BCUT2D eigenvalue weighted by molar-refractivity contribution is 6.34. The van der Waals surface area contributed by atoms with Gasteiger partial charge in [0.2, 0.25) is 5.91 Å². The zero-order valence-electron chi connectivity index (χ0n) is 16.4. The van der Waals surface area contributed by atoms with Gasteiger partial charge in [0.25, 0.3) is 5.91 Å². The van der Waals surface area contributed by atoms with Gasteiger partial charge in [-0.05, 0) is 70.1 Å². The first-order valence-electron chi connectivity index (χ1n) is 9.93. The summed E-state index contributed by atoms with van der Waals surface area (Å²) in [7, 11) is 0. The molecule has 2 bridgehead atoms. The maximum absolute atomic E-state index is 12.4. The zero-order valence-corrected chi connectivity index (χ0v) is 17.2. The molecule has 2 amide bonds. The first kappa shape index (κ1) is 20.2. The van der Waals surface area contributed by atoms with Crippen molar-refractivity contribution in [1.82, 2.24) is 10.6 Å². The van der Waals surface area contributed by atoms with Crippen LogP contribution in [0, 0.1) is 5.92 Å². The number of piperidine rings is 1. The van der Waals surface area contributed by atoms with Crippen molar-refractivity contribution in [2.24, 2.45) is 5.92 Å². The van der Waals surface area contributed by atoms with E-state index in [4.69, 9.17) is 11.6 Å². The summed E-state index contributed by atoms with van der Waals surface area (Å²) in [4.78, 5) is 24.8. The maximum atomic E-state index is 12.4. The van der Waals surface area contributed by atoms with Gasteiger partial charge in [-0.1, -0.05) is 18.5 Å². The van der Waals surface area contributed by atoms with Crippen molar-refractivity contribution < 1.29 is 9.59 Å². The topological polar surface area (TPSA) is 70.2 Å². The average Bonchev–Trinajstić information content (AvgIpc) is 2.93. The van der Waals surface area contributed by atoms with E-state index in [1.165, 1.54) is 12.8 Å². The molecule has 0 saturated carbocycles. The van der Waals surface area contributed by atoms with E-state index >= 15 is 0 Å². The van der Waals surface area contributed by atoms with E-state index in [0.29, 0.717) is 40.7 Å². The Kier molecular flexibility index (Phi) is 6.11. The Morgan fingerprint density at radius 2 is 1.89 bits per heavy atom.